The fourth-order valence-corrected chi connectivity index (χ4v) is 5.67. The Morgan fingerprint density at radius 2 is 1.62 bits per heavy atom. The summed E-state index contributed by atoms with van der Waals surface area (Å²) in [5.74, 6) is 0.929. The number of benzene rings is 2. The van der Waals surface area contributed by atoms with Gasteiger partial charge in [0.15, 0.2) is 0 Å². The third-order valence-corrected chi connectivity index (χ3v) is 8.27. The maximum absolute atomic E-state index is 13.0. The molecule has 204 valence electrons. The Bertz CT molecular complexity index is 1300. The van der Waals surface area contributed by atoms with Crippen LogP contribution in [-0.4, -0.2) is 34.8 Å². The molecule has 39 heavy (non-hydrogen) atoms. The molecular formula is C33H40N4O2. The molecule has 0 aliphatic heterocycles. The van der Waals surface area contributed by atoms with Crippen molar-refractivity contribution in [1.82, 2.24) is 9.88 Å². The second kappa shape index (κ2) is 11.3. The Hall–Kier alpha value is -3.51. The summed E-state index contributed by atoms with van der Waals surface area (Å²) in [7, 11) is 1.95. The van der Waals surface area contributed by atoms with Gasteiger partial charge >= 0.3 is 0 Å². The molecule has 6 heteroatoms. The number of hydrogen-bond donors (Lipinski definition) is 2. The summed E-state index contributed by atoms with van der Waals surface area (Å²) in [6.45, 7) is 3.99. The monoisotopic (exact) mass is 524 g/mol. The Morgan fingerprint density at radius 3 is 2.23 bits per heavy atom. The molecule has 2 aliphatic rings. The number of pyridine rings is 1. The third kappa shape index (κ3) is 6.56. The van der Waals surface area contributed by atoms with Gasteiger partial charge in [0.1, 0.15) is 0 Å². The van der Waals surface area contributed by atoms with Crippen LogP contribution in [0.1, 0.15) is 64.4 Å². The van der Waals surface area contributed by atoms with E-state index < -0.39 is 5.54 Å². The molecule has 5 rings (SSSR count). The first kappa shape index (κ1) is 27.1. The largest absolute Gasteiger partial charge is 0.343 e. The van der Waals surface area contributed by atoms with E-state index in [0.717, 1.165) is 66.5 Å². The fraction of sp³-hybridized carbons (Fsp3) is 0.424. The van der Waals surface area contributed by atoms with Gasteiger partial charge in [0.05, 0.1) is 17.6 Å². The summed E-state index contributed by atoms with van der Waals surface area (Å²) in [6.07, 6.45) is 8.22. The van der Waals surface area contributed by atoms with Gasteiger partial charge in [-0.1, -0.05) is 54.6 Å². The second-order valence-electron chi connectivity index (χ2n) is 11.9. The van der Waals surface area contributed by atoms with Crippen molar-refractivity contribution in [2.45, 2.75) is 70.4 Å². The Balaban J connectivity index is 1.26. The summed E-state index contributed by atoms with van der Waals surface area (Å²) in [5, 5.41) is 3.10. The molecule has 2 amide bonds. The minimum absolute atomic E-state index is 0.0175. The van der Waals surface area contributed by atoms with Crippen LogP contribution in [0.2, 0.25) is 0 Å². The fourth-order valence-electron chi connectivity index (χ4n) is 5.67. The van der Waals surface area contributed by atoms with Gasteiger partial charge < -0.3 is 16.0 Å². The molecule has 0 saturated heterocycles. The highest BCUT2D eigenvalue weighted by atomic mass is 16.2. The third-order valence-electron chi connectivity index (χ3n) is 8.27. The maximum atomic E-state index is 13.0. The summed E-state index contributed by atoms with van der Waals surface area (Å²) in [6, 6.07) is 20.7. The zero-order valence-corrected chi connectivity index (χ0v) is 23.3. The predicted octanol–water partition coefficient (Wildman–Crippen LogP) is 6.37. The van der Waals surface area contributed by atoms with Crippen LogP contribution >= 0.6 is 0 Å². The number of aromatic nitrogens is 1. The summed E-state index contributed by atoms with van der Waals surface area (Å²) >= 11 is 0. The molecule has 0 atom stereocenters. The second-order valence-corrected chi connectivity index (χ2v) is 11.9. The molecule has 6 nitrogen and oxygen atoms in total. The molecule has 3 aromatic rings. The van der Waals surface area contributed by atoms with Crippen LogP contribution in [0, 0.1) is 11.8 Å². The van der Waals surface area contributed by atoms with Gasteiger partial charge in [-0.2, -0.15) is 0 Å². The van der Waals surface area contributed by atoms with E-state index in [-0.39, 0.29) is 11.8 Å². The average molecular weight is 525 g/mol. The minimum Gasteiger partial charge on any atom is -0.343 e. The van der Waals surface area contributed by atoms with Crippen molar-refractivity contribution in [2.24, 2.45) is 17.6 Å². The SMILES string of the molecule is CN(C(=O)C1CC1)[C@H]1CC[C@H](CC(=O)Nc2cnc(-c3ccc(C(C)(C)N)cc3)c(-c3ccccc3)c2)CC1. The highest BCUT2D eigenvalue weighted by Gasteiger charge is 2.36. The molecule has 0 unspecified atom stereocenters. The van der Waals surface area contributed by atoms with Crippen molar-refractivity contribution in [2.75, 3.05) is 12.4 Å². The van der Waals surface area contributed by atoms with Crippen LogP contribution in [0.4, 0.5) is 5.69 Å². The molecule has 2 saturated carbocycles. The number of amides is 2. The Labute approximate surface area is 232 Å². The number of nitrogens with zero attached hydrogens (tertiary/aromatic N) is 2. The first-order valence-corrected chi connectivity index (χ1v) is 14.2. The van der Waals surface area contributed by atoms with Crippen LogP contribution in [0.5, 0.6) is 0 Å². The van der Waals surface area contributed by atoms with Crippen molar-refractivity contribution >= 4 is 17.5 Å². The number of carbonyl (C=O) groups is 2. The van der Waals surface area contributed by atoms with E-state index in [1.807, 2.05) is 50.1 Å². The standard InChI is InChI=1S/C33H40N4O2/c1-33(2,34)26-15-13-24(14-16-26)31-29(23-7-5-4-6-8-23)20-27(21-35-31)36-30(38)19-22-9-17-28(18-10-22)37(3)32(39)25-11-12-25/h4-8,13-16,20-22,25,28H,9-12,17-19,34H2,1-3H3,(H,36,38)/t22-,28-. The molecule has 0 bridgehead atoms. The molecule has 0 spiro atoms. The summed E-state index contributed by atoms with van der Waals surface area (Å²) < 4.78 is 0. The normalized spacial score (nSPS) is 19.4. The zero-order valence-electron chi connectivity index (χ0n) is 23.3. The van der Waals surface area contributed by atoms with Gasteiger partial charge in [-0.25, -0.2) is 0 Å². The lowest BCUT2D eigenvalue weighted by molar-refractivity contribution is -0.134. The number of nitrogens with two attached hydrogens (primary N) is 1. The van der Waals surface area contributed by atoms with Crippen molar-refractivity contribution in [3.8, 4) is 22.4 Å². The molecule has 2 fully saturated rings. The van der Waals surface area contributed by atoms with Crippen molar-refractivity contribution in [1.29, 1.82) is 0 Å². The van der Waals surface area contributed by atoms with Crippen molar-refractivity contribution in [3.63, 3.8) is 0 Å². The topological polar surface area (TPSA) is 88.3 Å². The van der Waals surface area contributed by atoms with E-state index >= 15 is 0 Å². The average Bonchev–Trinajstić information content (AvgIpc) is 3.78. The lowest BCUT2D eigenvalue weighted by Gasteiger charge is -2.34. The quantitative estimate of drug-likeness (QED) is 0.359. The molecule has 1 aromatic heterocycles. The van der Waals surface area contributed by atoms with E-state index in [1.165, 1.54) is 0 Å². The minimum atomic E-state index is -0.411. The maximum Gasteiger partial charge on any atom is 0.225 e. The molecule has 2 aliphatic carbocycles. The molecule has 3 N–H and O–H groups in total. The van der Waals surface area contributed by atoms with E-state index in [4.69, 9.17) is 10.7 Å². The predicted molar refractivity (Wildman–Crippen MR) is 157 cm³/mol. The van der Waals surface area contributed by atoms with Gasteiger partial charge in [0.2, 0.25) is 11.8 Å². The van der Waals surface area contributed by atoms with Gasteiger partial charge in [-0.15, -0.1) is 0 Å². The highest BCUT2D eigenvalue weighted by Crippen LogP contribution is 2.36. The van der Waals surface area contributed by atoms with Gasteiger partial charge in [-0.3, -0.25) is 14.6 Å². The molecule has 1 heterocycles. The number of hydrogen-bond acceptors (Lipinski definition) is 4. The molecule has 2 aromatic carbocycles. The van der Waals surface area contributed by atoms with E-state index in [2.05, 4.69) is 41.7 Å². The van der Waals surface area contributed by atoms with Crippen LogP contribution < -0.4 is 11.1 Å². The Kier molecular flexibility index (Phi) is 7.85. The van der Waals surface area contributed by atoms with Crippen molar-refractivity contribution < 1.29 is 9.59 Å². The first-order valence-electron chi connectivity index (χ1n) is 14.2. The van der Waals surface area contributed by atoms with E-state index in [0.29, 0.717) is 30.0 Å². The number of rotatable bonds is 8. The Morgan fingerprint density at radius 1 is 0.949 bits per heavy atom. The number of carbonyl (C=O) groups excluding carboxylic acids is 2. The zero-order chi connectivity index (χ0) is 27.6. The van der Waals surface area contributed by atoms with Gasteiger partial charge in [-0.05, 0) is 75.5 Å². The van der Waals surface area contributed by atoms with Crippen LogP contribution in [0.25, 0.3) is 22.4 Å². The molecular weight excluding hydrogens is 484 g/mol. The van der Waals surface area contributed by atoms with Crippen LogP contribution in [-0.2, 0) is 15.1 Å². The van der Waals surface area contributed by atoms with E-state index in [1.54, 1.807) is 6.20 Å². The van der Waals surface area contributed by atoms with Gasteiger partial charge in [0, 0.05) is 42.1 Å². The lowest BCUT2D eigenvalue weighted by atomic mass is 9.83. The summed E-state index contributed by atoms with van der Waals surface area (Å²) in [5.41, 5.74) is 11.5. The molecule has 0 radical (unpaired) electrons. The summed E-state index contributed by atoms with van der Waals surface area (Å²) in [4.78, 5) is 32.2. The van der Waals surface area contributed by atoms with E-state index in [9.17, 15) is 9.59 Å². The lowest BCUT2D eigenvalue weighted by Crippen LogP contribution is -2.40. The van der Waals surface area contributed by atoms with Crippen molar-refractivity contribution in [3.05, 3.63) is 72.4 Å². The first-order chi connectivity index (χ1) is 18.7. The number of anilines is 1. The van der Waals surface area contributed by atoms with Crippen LogP contribution in [0.15, 0.2) is 66.9 Å². The highest BCUT2D eigenvalue weighted by molar-refractivity contribution is 5.93. The smallest absolute Gasteiger partial charge is 0.225 e. The number of nitrogens with one attached hydrogen (secondary N) is 1. The van der Waals surface area contributed by atoms with Crippen LogP contribution in [0.3, 0.4) is 0 Å². The van der Waals surface area contributed by atoms with Gasteiger partial charge in [0.25, 0.3) is 0 Å².